The number of hydrogen-bond donors (Lipinski definition) is 1. The monoisotopic (exact) mass is 263 g/mol. The smallest absolute Gasteiger partial charge is 0.226 e. The van der Waals surface area contributed by atoms with Gasteiger partial charge in [-0.15, -0.1) is 0 Å². The van der Waals surface area contributed by atoms with E-state index in [2.05, 4.69) is 9.55 Å². The number of aliphatic hydroxyl groups is 1. The van der Waals surface area contributed by atoms with Crippen LogP contribution in [0.1, 0.15) is 25.1 Å². The van der Waals surface area contributed by atoms with Crippen molar-refractivity contribution in [2.75, 3.05) is 19.7 Å². The third-order valence-corrected chi connectivity index (χ3v) is 4.48. The number of amides is 1. The predicted molar refractivity (Wildman–Crippen MR) is 70.4 cm³/mol. The average Bonchev–Trinajstić information content (AvgIpc) is 2.94. The third kappa shape index (κ3) is 2.52. The lowest BCUT2D eigenvalue weighted by atomic mass is 9.93. The second-order valence-corrected chi connectivity index (χ2v) is 5.68. The number of piperidine rings is 1. The van der Waals surface area contributed by atoms with Crippen molar-refractivity contribution in [3.8, 4) is 0 Å². The molecule has 1 aromatic rings. The molecule has 0 radical (unpaired) electrons. The fraction of sp³-hybridized carbons (Fsp3) is 0.714. The number of fused-ring (bicyclic) bond motifs is 1. The molecular weight excluding hydrogens is 242 g/mol. The molecule has 1 atom stereocenters. The number of aryl methyl sites for hydroxylation is 1. The number of likely N-dealkylation sites (tertiary alicyclic amines) is 1. The van der Waals surface area contributed by atoms with Crippen molar-refractivity contribution in [1.82, 2.24) is 14.5 Å². The van der Waals surface area contributed by atoms with Crippen LogP contribution in [0.5, 0.6) is 0 Å². The van der Waals surface area contributed by atoms with Crippen LogP contribution in [0.2, 0.25) is 0 Å². The normalized spacial score (nSPS) is 24.3. The molecule has 1 unspecified atom stereocenters. The first-order valence-corrected chi connectivity index (χ1v) is 7.17. The van der Waals surface area contributed by atoms with E-state index in [4.69, 9.17) is 5.11 Å². The molecule has 1 aromatic heterocycles. The first kappa shape index (κ1) is 12.7. The van der Waals surface area contributed by atoms with Crippen LogP contribution in [0.4, 0.5) is 0 Å². The van der Waals surface area contributed by atoms with Gasteiger partial charge in [0.1, 0.15) is 5.82 Å². The minimum absolute atomic E-state index is 0.0978. The van der Waals surface area contributed by atoms with E-state index in [0.717, 1.165) is 51.1 Å². The largest absolute Gasteiger partial charge is 0.396 e. The van der Waals surface area contributed by atoms with Crippen LogP contribution >= 0.6 is 0 Å². The van der Waals surface area contributed by atoms with Crippen molar-refractivity contribution >= 4 is 5.91 Å². The SMILES string of the molecule is O=C(C1CCn2ccnc2C1)N1CCC(CO)CC1. The Morgan fingerprint density at radius 1 is 1.32 bits per heavy atom. The molecule has 2 aliphatic rings. The van der Waals surface area contributed by atoms with E-state index in [1.807, 2.05) is 17.3 Å². The number of nitrogens with zero attached hydrogens (tertiary/aromatic N) is 3. The highest BCUT2D eigenvalue weighted by molar-refractivity contribution is 5.79. The lowest BCUT2D eigenvalue weighted by Gasteiger charge is -2.34. The van der Waals surface area contributed by atoms with Crippen LogP contribution in [0.25, 0.3) is 0 Å². The van der Waals surface area contributed by atoms with Gasteiger partial charge in [-0.1, -0.05) is 0 Å². The zero-order valence-corrected chi connectivity index (χ0v) is 11.2. The fourth-order valence-electron chi connectivity index (χ4n) is 3.16. The van der Waals surface area contributed by atoms with E-state index in [9.17, 15) is 4.79 Å². The Hall–Kier alpha value is -1.36. The quantitative estimate of drug-likeness (QED) is 0.853. The predicted octanol–water partition coefficient (Wildman–Crippen LogP) is 0.676. The van der Waals surface area contributed by atoms with Gasteiger partial charge in [-0.3, -0.25) is 4.79 Å². The molecule has 19 heavy (non-hydrogen) atoms. The number of hydrogen-bond acceptors (Lipinski definition) is 3. The summed E-state index contributed by atoms with van der Waals surface area (Å²) in [5.41, 5.74) is 0. The maximum atomic E-state index is 12.5. The Morgan fingerprint density at radius 3 is 2.84 bits per heavy atom. The van der Waals surface area contributed by atoms with Gasteiger partial charge in [0.25, 0.3) is 0 Å². The second kappa shape index (κ2) is 5.33. The van der Waals surface area contributed by atoms with Crippen LogP contribution < -0.4 is 0 Å². The molecule has 0 aromatic carbocycles. The molecule has 104 valence electrons. The van der Waals surface area contributed by atoms with Crippen molar-refractivity contribution in [2.24, 2.45) is 11.8 Å². The van der Waals surface area contributed by atoms with Gasteiger partial charge in [-0.25, -0.2) is 4.98 Å². The number of aliphatic hydroxyl groups excluding tert-OH is 1. The summed E-state index contributed by atoms with van der Waals surface area (Å²) in [4.78, 5) is 18.8. The summed E-state index contributed by atoms with van der Waals surface area (Å²) in [7, 11) is 0. The number of rotatable bonds is 2. The zero-order chi connectivity index (χ0) is 13.2. The van der Waals surface area contributed by atoms with Gasteiger partial charge in [0.2, 0.25) is 5.91 Å². The Labute approximate surface area is 113 Å². The summed E-state index contributed by atoms with van der Waals surface area (Å²) in [5, 5.41) is 9.14. The van der Waals surface area contributed by atoms with Crippen LogP contribution in [-0.4, -0.2) is 45.2 Å². The van der Waals surface area contributed by atoms with Crippen molar-refractivity contribution in [2.45, 2.75) is 32.2 Å². The van der Waals surface area contributed by atoms with Crippen LogP contribution in [0.3, 0.4) is 0 Å². The Kier molecular flexibility index (Phi) is 3.55. The van der Waals surface area contributed by atoms with E-state index >= 15 is 0 Å². The highest BCUT2D eigenvalue weighted by Crippen LogP contribution is 2.24. The molecule has 3 heterocycles. The molecule has 3 rings (SSSR count). The average molecular weight is 263 g/mol. The zero-order valence-electron chi connectivity index (χ0n) is 11.2. The molecule has 1 N–H and O–H groups in total. The van der Waals surface area contributed by atoms with Gasteiger partial charge in [-0.2, -0.15) is 0 Å². The number of aromatic nitrogens is 2. The van der Waals surface area contributed by atoms with Crippen LogP contribution in [0.15, 0.2) is 12.4 Å². The van der Waals surface area contributed by atoms with Crippen molar-refractivity contribution in [3.63, 3.8) is 0 Å². The Balaban J connectivity index is 1.60. The van der Waals surface area contributed by atoms with Gasteiger partial charge in [0.15, 0.2) is 0 Å². The van der Waals surface area contributed by atoms with Gasteiger partial charge in [0, 0.05) is 51.0 Å². The summed E-state index contributed by atoms with van der Waals surface area (Å²) in [5.74, 6) is 1.80. The van der Waals surface area contributed by atoms with Crippen molar-refractivity contribution < 1.29 is 9.90 Å². The summed E-state index contributed by atoms with van der Waals surface area (Å²) in [6, 6.07) is 0. The molecule has 1 amide bonds. The minimum Gasteiger partial charge on any atom is -0.396 e. The highest BCUT2D eigenvalue weighted by Gasteiger charge is 2.30. The maximum absolute atomic E-state index is 12.5. The van der Waals surface area contributed by atoms with Gasteiger partial charge >= 0.3 is 0 Å². The van der Waals surface area contributed by atoms with E-state index in [1.165, 1.54) is 0 Å². The van der Waals surface area contributed by atoms with E-state index in [-0.39, 0.29) is 18.4 Å². The maximum Gasteiger partial charge on any atom is 0.226 e. The molecular formula is C14H21N3O2. The van der Waals surface area contributed by atoms with Crippen molar-refractivity contribution in [1.29, 1.82) is 0 Å². The summed E-state index contributed by atoms with van der Waals surface area (Å²) in [6.07, 6.45) is 7.36. The summed E-state index contributed by atoms with van der Waals surface area (Å²) < 4.78 is 2.14. The van der Waals surface area contributed by atoms with Crippen LogP contribution in [0, 0.1) is 11.8 Å². The molecule has 5 nitrogen and oxygen atoms in total. The fourth-order valence-corrected chi connectivity index (χ4v) is 3.16. The molecule has 0 saturated carbocycles. The number of carbonyl (C=O) groups excluding carboxylic acids is 1. The van der Waals surface area contributed by atoms with Crippen molar-refractivity contribution in [3.05, 3.63) is 18.2 Å². The molecule has 1 fully saturated rings. The molecule has 0 spiro atoms. The first-order valence-electron chi connectivity index (χ1n) is 7.17. The minimum atomic E-state index is 0.0978. The van der Waals surface area contributed by atoms with Gasteiger partial charge < -0.3 is 14.6 Å². The summed E-state index contributed by atoms with van der Waals surface area (Å²) in [6.45, 7) is 2.76. The standard InChI is InChI=1S/C14H21N3O2/c18-10-11-1-5-17(6-2-11)14(19)12-3-7-16-8-4-15-13(16)9-12/h4,8,11-12,18H,1-3,5-7,9-10H2. The lowest BCUT2D eigenvalue weighted by Crippen LogP contribution is -2.44. The van der Waals surface area contributed by atoms with Gasteiger partial charge in [-0.05, 0) is 25.2 Å². The Morgan fingerprint density at radius 2 is 2.11 bits per heavy atom. The van der Waals surface area contributed by atoms with Gasteiger partial charge in [0.05, 0.1) is 0 Å². The second-order valence-electron chi connectivity index (χ2n) is 5.68. The van der Waals surface area contributed by atoms with E-state index < -0.39 is 0 Å². The summed E-state index contributed by atoms with van der Waals surface area (Å²) >= 11 is 0. The first-order chi connectivity index (χ1) is 9.28. The number of imidazole rings is 1. The van der Waals surface area contributed by atoms with Crippen LogP contribution in [-0.2, 0) is 17.8 Å². The van der Waals surface area contributed by atoms with E-state index in [0.29, 0.717) is 5.92 Å². The Bertz CT molecular complexity index is 449. The number of carbonyl (C=O) groups is 1. The topological polar surface area (TPSA) is 58.4 Å². The third-order valence-electron chi connectivity index (χ3n) is 4.48. The molecule has 0 aliphatic carbocycles. The lowest BCUT2D eigenvalue weighted by molar-refractivity contribution is -0.137. The molecule has 2 aliphatic heterocycles. The molecule has 5 heteroatoms. The van der Waals surface area contributed by atoms with E-state index in [1.54, 1.807) is 0 Å². The highest BCUT2D eigenvalue weighted by atomic mass is 16.3. The molecule has 0 bridgehead atoms. The molecule has 1 saturated heterocycles.